The quantitative estimate of drug-likeness (QED) is 0.481. The summed E-state index contributed by atoms with van der Waals surface area (Å²) in [7, 11) is 4.06. The van der Waals surface area contributed by atoms with Crippen LogP contribution in [-0.2, 0) is 6.42 Å². The third-order valence-corrected chi connectivity index (χ3v) is 7.05. The number of pyridine rings is 1. The first-order valence-electron chi connectivity index (χ1n) is 11.1. The number of primary amides is 1. The molecule has 2 heterocycles. The first kappa shape index (κ1) is 22.5. The van der Waals surface area contributed by atoms with Gasteiger partial charge in [0.05, 0.1) is 16.4 Å². The molecule has 2 aromatic carbocycles. The Kier molecular flexibility index (Phi) is 5.62. The van der Waals surface area contributed by atoms with Crippen LogP contribution >= 0.6 is 11.6 Å². The van der Waals surface area contributed by atoms with E-state index in [2.05, 4.69) is 4.90 Å². The molecule has 174 valence electrons. The van der Waals surface area contributed by atoms with Gasteiger partial charge >= 0.3 is 0 Å². The van der Waals surface area contributed by atoms with Crippen LogP contribution in [0.5, 0.6) is 0 Å². The summed E-state index contributed by atoms with van der Waals surface area (Å²) in [6, 6.07) is 11.9. The molecule has 1 atom stereocenters. The molecule has 0 spiro atoms. The van der Waals surface area contributed by atoms with E-state index in [9.17, 15) is 14.0 Å². The van der Waals surface area contributed by atoms with Gasteiger partial charge in [-0.2, -0.15) is 0 Å². The number of carbonyl (C=O) groups excluding carboxylic acids is 2. The number of hydrogen-bond donors (Lipinski definition) is 1. The Labute approximate surface area is 202 Å². The highest BCUT2D eigenvalue weighted by molar-refractivity contribution is 6.31. The van der Waals surface area contributed by atoms with E-state index >= 15 is 0 Å². The monoisotopic (exact) mass is 478 g/mol. The molecule has 5 rings (SSSR count). The maximum Gasteiger partial charge on any atom is 0.253 e. The molecule has 2 amide bonds. The summed E-state index contributed by atoms with van der Waals surface area (Å²) in [4.78, 5) is 34.2. The van der Waals surface area contributed by atoms with Gasteiger partial charge < -0.3 is 15.5 Å². The molecule has 8 heteroatoms. The van der Waals surface area contributed by atoms with E-state index in [1.54, 1.807) is 12.1 Å². The number of nitrogens with two attached hydrogens (primary N) is 1. The fourth-order valence-electron chi connectivity index (χ4n) is 4.82. The van der Waals surface area contributed by atoms with Gasteiger partial charge in [0.1, 0.15) is 5.82 Å². The summed E-state index contributed by atoms with van der Waals surface area (Å²) in [6.45, 7) is 1.44. The summed E-state index contributed by atoms with van der Waals surface area (Å²) in [6.07, 6.45) is 1.42. The molecule has 3 aromatic rings. The molecule has 0 unspecified atom stereocenters. The first-order chi connectivity index (χ1) is 16.2. The zero-order valence-electron chi connectivity index (χ0n) is 18.9. The molecule has 1 aliphatic heterocycles. The van der Waals surface area contributed by atoms with Crippen molar-refractivity contribution in [2.75, 3.05) is 27.2 Å². The minimum absolute atomic E-state index is 0.00725. The predicted octanol–water partition coefficient (Wildman–Crippen LogP) is 3.99. The average molecular weight is 479 g/mol. The fraction of sp³-hybridized carbons (Fsp3) is 0.269. The smallest absolute Gasteiger partial charge is 0.253 e. The van der Waals surface area contributed by atoms with Crippen LogP contribution in [0.1, 0.15) is 38.3 Å². The number of aromatic nitrogens is 1. The molecule has 2 aliphatic rings. The predicted molar refractivity (Wildman–Crippen MR) is 129 cm³/mol. The summed E-state index contributed by atoms with van der Waals surface area (Å²) in [5, 5.41) is -0.0256. The van der Waals surface area contributed by atoms with Crippen LogP contribution in [0.4, 0.5) is 4.39 Å². The molecule has 1 aliphatic carbocycles. The third-order valence-electron chi connectivity index (χ3n) is 6.76. The van der Waals surface area contributed by atoms with Gasteiger partial charge in [-0.15, -0.1) is 0 Å². The second kappa shape index (κ2) is 8.49. The molecule has 1 aromatic heterocycles. The normalized spacial score (nSPS) is 16.6. The Morgan fingerprint density at radius 2 is 1.97 bits per heavy atom. The Balaban J connectivity index is 1.51. The van der Waals surface area contributed by atoms with Crippen LogP contribution in [-0.4, -0.2) is 59.8 Å². The number of halogens is 2. The Hall–Kier alpha value is -3.29. The highest BCUT2D eigenvalue weighted by Crippen LogP contribution is 2.40. The molecule has 0 saturated carbocycles. The molecule has 2 N–H and O–H groups in total. The van der Waals surface area contributed by atoms with Crippen LogP contribution in [0.15, 0.2) is 42.5 Å². The zero-order valence-corrected chi connectivity index (χ0v) is 19.7. The summed E-state index contributed by atoms with van der Waals surface area (Å²) < 4.78 is 13.7. The number of hydrogen-bond acceptors (Lipinski definition) is 4. The van der Waals surface area contributed by atoms with Crippen molar-refractivity contribution in [2.45, 2.75) is 18.9 Å². The highest BCUT2D eigenvalue weighted by atomic mass is 35.5. The Morgan fingerprint density at radius 1 is 1.18 bits per heavy atom. The van der Waals surface area contributed by atoms with Gasteiger partial charge in [0.15, 0.2) is 0 Å². The van der Waals surface area contributed by atoms with Crippen LogP contribution < -0.4 is 5.73 Å². The van der Waals surface area contributed by atoms with Crippen LogP contribution in [0.25, 0.3) is 22.5 Å². The summed E-state index contributed by atoms with van der Waals surface area (Å²) >= 11 is 5.96. The van der Waals surface area contributed by atoms with E-state index in [1.807, 2.05) is 37.2 Å². The van der Waals surface area contributed by atoms with Gasteiger partial charge in [-0.25, -0.2) is 9.37 Å². The van der Waals surface area contributed by atoms with Crippen molar-refractivity contribution in [3.63, 3.8) is 0 Å². The third kappa shape index (κ3) is 3.85. The minimum Gasteiger partial charge on any atom is -0.366 e. The van der Waals surface area contributed by atoms with Gasteiger partial charge in [0.25, 0.3) is 5.91 Å². The molecule has 0 radical (unpaired) electrons. The second-order valence-electron chi connectivity index (χ2n) is 9.08. The lowest BCUT2D eigenvalue weighted by atomic mass is 10.0. The van der Waals surface area contributed by atoms with Crippen LogP contribution in [0.2, 0.25) is 5.02 Å². The zero-order chi connectivity index (χ0) is 24.1. The lowest BCUT2D eigenvalue weighted by molar-refractivity contribution is 0.0782. The average Bonchev–Trinajstić information content (AvgIpc) is 3.44. The molecule has 34 heavy (non-hydrogen) atoms. The standard InChI is InChI=1S/C26H24ClFN4O2/c1-31(2)17-7-8-32(13-17)26(34)15-3-5-18-16(9-15)10-19-20(25(29)33)12-23(30-24(18)19)14-4-6-22(28)21(27)11-14/h3-6,9,11-12,17H,7-8,10,13H2,1-2H3,(H2,29,33)/t17-/m1/s1. The van der Waals surface area contributed by atoms with Crippen molar-refractivity contribution in [1.29, 1.82) is 0 Å². The highest BCUT2D eigenvalue weighted by Gasteiger charge is 2.30. The SMILES string of the molecule is CN(C)[C@@H]1CCN(C(=O)c2ccc3c(c2)Cc2c(C(N)=O)cc(-c4ccc(F)c(Cl)c4)nc2-3)C1. The molecular formula is C26H24ClFN4O2. The molecule has 0 bridgehead atoms. The van der Waals surface area contributed by atoms with E-state index in [1.165, 1.54) is 12.1 Å². The van der Waals surface area contributed by atoms with E-state index < -0.39 is 11.7 Å². The lowest BCUT2D eigenvalue weighted by Crippen LogP contribution is -2.34. The van der Waals surface area contributed by atoms with Crippen molar-refractivity contribution in [3.8, 4) is 22.5 Å². The maximum atomic E-state index is 13.7. The lowest BCUT2D eigenvalue weighted by Gasteiger charge is -2.20. The number of amides is 2. The van der Waals surface area contributed by atoms with Gasteiger partial charge in [0.2, 0.25) is 5.91 Å². The molecule has 6 nitrogen and oxygen atoms in total. The van der Waals surface area contributed by atoms with E-state index in [0.717, 1.165) is 29.7 Å². The number of fused-ring (bicyclic) bond motifs is 3. The van der Waals surface area contributed by atoms with Crippen molar-refractivity contribution in [1.82, 2.24) is 14.8 Å². The number of carbonyl (C=O) groups is 2. The number of likely N-dealkylation sites (tertiary alicyclic amines) is 1. The number of benzene rings is 2. The molecular weight excluding hydrogens is 455 g/mol. The Bertz CT molecular complexity index is 1340. The van der Waals surface area contributed by atoms with Crippen molar-refractivity contribution < 1.29 is 14.0 Å². The van der Waals surface area contributed by atoms with Crippen molar-refractivity contribution >= 4 is 23.4 Å². The van der Waals surface area contributed by atoms with Crippen LogP contribution in [0.3, 0.4) is 0 Å². The van der Waals surface area contributed by atoms with Gasteiger partial charge in [-0.05, 0) is 68.0 Å². The largest absolute Gasteiger partial charge is 0.366 e. The Morgan fingerprint density at radius 3 is 2.65 bits per heavy atom. The molecule has 1 fully saturated rings. The van der Waals surface area contributed by atoms with Crippen molar-refractivity contribution in [3.05, 3.63) is 75.6 Å². The van der Waals surface area contributed by atoms with Gasteiger partial charge in [0, 0.05) is 47.8 Å². The van der Waals surface area contributed by atoms with Gasteiger partial charge in [-0.3, -0.25) is 9.59 Å². The summed E-state index contributed by atoms with van der Waals surface area (Å²) in [5.41, 5.74) is 10.9. The first-order valence-corrected chi connectivity index (χ1v) is 11.5. The number of rotatable bonds is 4. The fourth-order valence-corrected chi connectivity index (χ4v) is 5.00. The maximum absolute atomic E-state index is 13.7. The minimum atomic E-state index is -0.566. The van der Waals surface area contributed by atoms with E-state index in [4.69, 9.17) is 22.3 Å². The second-order valence-corrected chi connectivity index (χ2v) is 9.49. The topological polar surface area (TPSA) is 79.5 Å². The van der Waals surface area contributed by atoms with E-state index in [-0.39, 0.29) is 10.9 Å². The number of likely N-dealkylation sites (N-methyl/N-ethyl adjacent to an activating group) is 1. The van der Waals surface area contributed by atoms with Crippen molar-refractivity contribution in [2.24, 2.45) is 5.73 Å². The molecule has 1 saturated heterocycles. The van der Waals surface area contributed by atoms with E-state index in [0.29, 0.717) is 47.1 Å². The van der Waals surface area contributed by atoms with Gasteiger partial charge in [-0.1, -0.05) is 17.7 Å². The van der Waals surface area contributed by atoms with Crippen LogP contribution in [0, 0.1) is 5.82 Å². The summed E-state index contributed by atoms with van der Waals surface area (Å²) in [5.74, 6) is -1.09. The number of nitrogens with zero attached hydrogens (tertiary/aromatic N) is 3.